The van der Waals surface area contributed by atoms with Gasteiger partial charge in [0.25, 0.3) is 0 Å². The molecule has 0 aliphatic carbocycles. The molecular formula is C10H20F3N3O. The summed E-state index contributed by atoms with van der Waals surface area (Å²) in [6.45, 7) is 2.59. The van der Waals surface area contributed by atoms with Crippen molar-refractivity contribution in [2.24, 2.45) is 5.73 Å². The number of nitrogens with two attached hydrogens (primary N) is 1. The second-order valence-corrected chi connectivity index (χ2v) is 4.04. The smallest absolute Gasteiger partial charge is 0.368 e. The Labute approximate surface area is 99.3 Å². The van der Waals surface area contributed by atoms with Crippen LogP contribution in [0.15, 0.2) is 0 Å². The van der Waals surface area contributed by atoms with Crippen molar-refractivity contribution in [2.45, 2.75) is 32.0 Å². The first kappa shape index (κ1) is 16.2. The number of likely N-dealkylation sites (N-methyl/N-ethyl adjacent to an activating group) is 1. The number of amides is 1. The van der Waals surface area contributed by atoms with Gasteiger partial charge in [0.2, 0.25) is 5.91 Å². The first-order valence-corrected chi connectivity index (χ1v) is 5.54. The Bertz CT molecular complexity index is 233. The number of carbonyl (C=O) groups is 1. The molecule has 0 aromatic carbocycles. The minimum Gasteiger partial charge on any atom is -0.368 e. The number of rotatable bonds is 8. The molecule has 4 nitrogen and oxygen atoms in total. The van der Waals surface area contributed by atoms with Gasteiger partial charge in [-0.2, -0.15) is 13.2 Å². The molecule has 0 aliphatic heterocycles. The molecule has 0 heterocycles. The summed E-state index contributed by atoms with van der Waals surface area (Å²) in [6.07, 6.45) is -4.23. The van der Waals surface area contributed by atoms with Crippen molar-refractivity contribution in [1.29, 1.82) is 0 Å². The van der Waals surface area contributed by atoms with E-state index < -0.39 is 24.5 Å². The second-order valence-electron chi connectivity index (χ2n) is 4.04. The molecule has 17 heavy (non-hydrogen) atoms. The van der Waals surface area contributed by atoms with Crippen LogP contribution in [0.2, 0.25) is 0 Å². The Morgan fingerprint density at radius 1 is 1.47 bits per heavy atom. The number of primary amides is 1. The average Bonchev–Trinajstić information content (AvgIpc) is 2.19. The molecule has 0 saturated carbocycles. The van der Waals surface area contributed by atoms with Crippen LogP contribution >= 0.6 is 0 Å². The lowest BCUT2D eigenvalue weighted by Crippen LogP contribution is -2.48. The summed E-state index contributed by atoms with van der Waals surface area (Å²) in [5.74, 6) is -0.544. The third-order valence-corrected chi connectivity index (χ3v) is 2.26. The van der Waals surface area contributed by atoms with E-state index in [4.69, 9.17) is 5.73 Å². The molecule has 1 atom stereocenters. The number of halogens is 3. The molecule has 102 valence electrons. The zero-order chi connectivity index (χ0) is 13.5. The summed E-state index contributed by atoms with van der Waals surface area (Å²) >= 11 is 0. The molecule has 0 aromatic rings. The first-order chi connectivity index (χ1) is 7.76. The predicted molar refractivity (Wildman–Crippen MR) is 59.4 cm³/mol. The summed E-state index contributed by atoms with van der Waals surface area (Å²) in [6, 6.07) is -0.604. The molecule has 0 aromatic heterocycles. The largest absolute Gasteiger partial charge is 0.390 e. The fraction of sp³-hybridized carbons (Fsp3) is 0.900. The third-order valence-electron chi connectivity index (χ3n) is 2.26. The number of nitrogens with zero attached hydrogens (tertiary/aromatic N) is 1. The van der Waals surface area contributed by atoms with Crippen LogP contribution in [-0.2, 0) is 4.79 Å². The van der Waals surface area contributed by atoms with Crippen molar-refractivity contribution < 1.29 is 18.0 Å². The molecule has 0 bridgehead atoms. The van der Waals surface area contributed by atoms with Gasteiger partial charge in [-0.15, -0.1) is 0 Å². The van der Waals surface area contributed by atoms with Crippen LogP contribution in [0.25, 0.3) is 0 Å². The summed E-state index contributed by atoms with van der Waals surface area (Å²) in [5.41, 5.74) is 5.16. The quantitative estimate of drug-likeness (QED) is 0.672. The van der Waals surface area contributed by atoms with Gasteiger partial charge in [0.15, 0.2) is 0 Å². The second kappa shape index (κ2) is 7.50. The fourth-order valence-electron chi connectivity index (χ4n) is 1.29. The van der Waals surface area contributed by atoms with Gasteiger partial charge in [0, 0.05) is 13.1 Å². The SMILES string of the molecule is CCCNC(CN(C)CCC(F)(F)F)C(N)=O. The minimum atomic E-state index is -4.17. The molecule has 1 unspecified atom stereocenters. The van der Waals surface area contributed by atoms with Gasteiger partial charge in [-0.25, -0.2) is 0 Å². The maximum atomic E-state index is 12.0. The number of carbonyl (C=O) groups excluding carboxylic acids is 1. The van der Waals surface area contributed by atoms with Crippen molar-refractivity contribution in [3.63, 3.8) is 0 Å². The number of nitrogens with one attached hydrogen (secondary N) is 1. The molecule has 0 rings (SSSR count). The molecule has 0 fully saturated rings. The standard InChI is InChI=1S/C10H20F3N3O/c1-3-5-15-8(9(14)17)7-16(2)6-4-10(11,12)13/h8,15H,3-7H2,1-2H3,(H2,14,17). The summed E-state index contributed by atoms with van der Waals surface area (Å²) in [7, 11) is 1.54. The van der Waals surface area contributed by atoms with Crippen LogP contribution in [0.1, 0.15) is 19.8 Å². The Balaban J connectivity index is 4.03. The van der Waals surface area contributed by atoms with Gasteiger partial charge in [0.05, 0.1) is 12.5 Å². The molecule has 1 amide bonds. The Kier molecular flexibility index (Phi) is 7.13. The van der Waals surface area contributed by atoms with Crippen LogP contribution in [0.3, 0.4) is 0 Å². The maximum Gasteiger partial charge on any atom is 0.390 e. The van der Waals surface area contributed by atoms with Crippen LogP contribution in [-0.4, -0.2) is 49.7 Å². The fourth-order valence-corrected chi connectivity index (χ4v) is 1.29. The van der Waals surface area contributed by atoms with Crippen LogP contribution in [0.4, 0.5) is 13.2 Å². The highest BCUT2D eigenvalue weighted by Gasteiger charge is 2.27. The van der Waals surface area contributed by atoms with Crippen LogP contribution in [0, 0.1) is 0 Å². The van der Waals surface area contributed by atoms with E-state index in [-0.39, 0.29) is 13.1 Å². The van der Waals surface area contributed by atoms with Gasteiger partial charge >= 0.3 is 6.18 Å². The summed E-state index contributed by atoms with van der Waals surface area (Å²) in [5, 5.41) is 2.90. The molecule has 0 spiro atoms. The predicted octanol–water partition coefficient (Wildman–Crippen LogP) is 0.724. The minimum absolute atomic E-state index is 0.138. The zero-order valence-electron chi connectivity index (χ0n) is 10.2. The Morgan fingerprint density at radius 3 is 2.47 bits per heavy atom. The van der Waals surface area contributed by atoms with E-state index in [1.54, 1.807) is 0 Å². The molecule has 0 saturated heterocycles. The van der Waals surface area contributed by atoms with E-state index in [2.05, 4.69) is 5.32 Å². The monoisotopic (exact) mass is 255 g/mol. The third kappa shape index (κ3) is 8.93. The topological polar surface area (TPSA) is 58.4 Å². The van der Waals surface area contributed by atoms with E-state index in [0.29, 0.717) is 6.54 Å². The first-order valence-electron chi connectivity index (χ1n) is 5.54. The number of alkyl halides is 3. The normalized spacial score (nSPS) is 14.0. The van der Waals surface area contributed by atoms with Crippen molar-refractivity contribution in [3.05, 3.63) is 0 Å². The number of hydrogen-bond acceptors (Lipinski definition) is 3. The highest BCUT2D eigenvalue weighted by atomic mass is 19.4. The van der Waals surface area contributed by atoms with Gasteiger partial charge in [-0.1, -0.05) is 6.92 Å². The lowest BCUT2D eigenvalue weighted by atomic mass is 10.2. The lowest BCUT2D eigenvalue weighted by molar-refractivity contribution is -0.137. The van der Waals surface area contributed by atoms with Crippen molar-refractivity contribution >= 4 is 5.91 Å². The van der Waals surface area contributed by atoms with Gasteiger partial charge in [-0.05, 0) is 20.0 Å². The van der Waals surface area contributed by atoms with E-state index in [1.165, 1.54) is 11.9 Å². The zero-order valence-corrected chi connectivity index (χ0v) is 10.2. The molecule has 3 N–H and O–H groups in total. The van der Waals surface area contributed by atoms with Crippen LogP contribution < -0.4 is 11.1 Å². The summed E-state index contributed by atoms with van der Waals surface area (Å²) < 4.78 is 35.9. The van der Waals surface area contributed by atoms with Gasteiger partial charge < -0.3 is 16.0 Å². The van der Waals surface area contributed by atoms with Gasteiger partial charge in [0.1, 0.15) is 0 Å². The Hall–Kier alpha value is -0.820. The molecule has 0 radical (unpaired) electrons. The Morgan fingerprint density at radius 2 is 2.06 bits per heavy atom. The summed E-state index contributed by atoms with van der Waals surface area (Å²) in [4.78, 5) is 12.5. The van der Waals surface area contributed by atoms with E-state index >= 15 is 0 Å². The van der Waals surface area contributed by atoms with E-state index in [1.807, 2.05) is 6.92 Å². The molecular weight excluding hydrogens is 235 g/mol. The van der Waals surface area contributed by atoms with Crippen molar-refractivity contribution in [3.8, 4) is 0 Å². The maximum absolute atomic E-state index is 12.0. The number of hydrogen-bond donors (Lipinski definition) is 2. The van der Waals surface area contributed by atoms with Crippen molar-refractivity contribution in [1.82, 2.24) is 10.2 Å². The van der Waals surface area contributed by atoms with Crippen LogP contribution in [0.5, 0.6) is 0 Å². The molecule has 7 heteroatoms. The highest BCUT2D eigenvalue weighted by molar-refractivity contribution is 5.80. The average molecular weight is 255 g/mol. The van der Waals surface area contributed by atoms with E-state index in [9.17, 15) is 18.0 Å². The highest BCUT2D eigenvalue weighted by Crippen LogP contribution is 2.19. The van der Waals surface area contributed by atoms with Crippen molar-refractivity contribution in [2.75, 3.05) is 26.7 Å². The van der Waals surface area contributed by atoms with E-state index in [0.717, 1.165) is 6.42 Å². The lowest BCUT2D eigenvalue weighted by Gasteiger charge is -2.23. The molecule has 0 aliphatic rings. The van der Waals surface area contributed by atoms with Gasteiger partial charge in [-0.3, -0.25) is 4.79 Å².